The van der Waals surface area contributed by atoms with Crippen molar-refractivity contribution >= 4 is 22.5 Å². The second-order valence-electron chi connectivity index (χ2n) is 7.22. The summed E-state index contributed by atoms with van der Waals surface area (Å²) >= 11 is 0. The van der Waals surface area contributed by atoms with Gasteiger partial charge in [0.15, 0.2) is 0 Å². The van der Waals surface area contributed by atoms with E-state index in [-0.39, 0.29) is 23.7 Å². The molecule has 0 atom stereocenters. The molecule has 8 nitrogen and oxygen atoms in total. The van der Waals surface area contributed by atoms with Crippen molar-refractivity contribution < 1.29 is 14.1 Å². The first-order valence-electron chi connectivity index (χ1n) is 9.93. The van der Waals surface area contributed by atoms with Crippen LogP contribution in [0.4, 0.5) is 5.69 Å². The quantitative estimate of drug-likeness (QED) is 0.472. The Kier molecular flexibility index (Phi) is 5.79. The zero-order valence-corrected chi connectivity index (χ0v) is 17.3. The Morgan fingerprint density at radius 2 is 2.03 bits per heavy atom. The van der Waals surface area contributed by atoms with Crippen molar-refractivity contribution in [1.82, 2.24) is 15.1 Å². The number of ether oxygens (including phenoxy) is 1. The van der Waals surface area contributed by atoms with Gasteiger partial charge in [0.1, 0.15) is 5.75 Å². The molecule has 0 saturated heterocycles. The maximum Gasteiger partial charge on any atom is 0.259 e. The number of carbonyl (C=O) groups is 1. The largest absolute Gasteiger partial charge is 0.495 e. The number of rotatable bonds is 7. The van der Waals surface area contributed by atoms with Gasteiger partial charge in [0.2, 0.25) is 17.6 Å². The summed E-state index contributed by atoms with van der Waals surface area (Å²) in [6.45, 7) is 1.97. The average molecular weight is 418 g/mol. The van der Waals surface area contributed by atoms with Crippen LogP contribution >= 0.6 is 0 Å². The van der Waals surface area contributed by atoms with Crippen LogP contribution in [0.5, 0.6) is 5.75 Å². The van der Waals surface area contributed by atoms with Crippen LogP contribution in [-0.4, -0.2) is 28.1 Å². The van der Waals surface area contributed by atoms with Crippen LogP contribution in [0.25, 0.3) is 22.3 Å². The normalized spacial score (nSPS) is 10.9. The van der Waals surface area contributed by atoms with Crippen LogP contribution in [0.3, 0.4) is 0 Å². The van der Waals surface area contributed by atoms with Crippen molar-refractivity contribution in [2.75, 3.05) is 12.4 Å². The number of hydrogen-bond acceptors (Lipinski definition) is 6. The number of para-hydroxylation sites is 2. The molecular weight excluding hydrogens is 396 g/mol. The second-order valence-corrected chi connectivity index (χ2v) is 7.22. The van der Waals surface area contributed by atoms with Gasteiger partial charge in [-0.25, -0.2) is 0 Å². The zero-order chi connectivity index (χ0) is 21.8. The number of benzene rings is 2. The monoisotopic (exact) mass is 418 g/mol. The highest BCUT2D eigenvalue weighted by molar-refractivity contribution is 5.92. The smallest absolute Gasteiger partial charge is 0.259 e. The van der Waals surface area contributed by atoms with E-state index in [0.29, 0.717) is 35.7 Å². The number of aromatic nitrogens is 3. The van der Waals surface area contributed by atoms with Crippen LogP contribution < -0.4 is 15.6 Å². The van der Waals surface area contributed by atoms with Gasteiger partial charge in [0, 0.05) is 18.4 Å². The molecule has 0 aliphatic rings. The molecule has 0 spiro atoms. The minimum absolute atomic E-state index is 0.134. The summed E-state index contributed by atoms with van der Waals surface area (Å²) in [6.07, 6.45) is 1.23. The number of nitrogens with zero attached hydrogens (tertiary/aromatic N) is 2. The van der Waals surface area contributed by atoms with Gasteiger partial charge >= 0.3 is 0 Å². The van der Waals surface area contributed by atoms with Crippen LogP contribution in [0.15, 0.2) is 57.8 Å². The molecule has 0 unspecified atom stereocenters. The number of pyridine rings is 1. The van der Waals surface area contributed by atoms with Crippen molar-refractivity contribution in [2.24, 2.45) is 0 Å². The van der Waals surface area contributed by atoms with Crippen LogP contribution in [0.2, 0.25) is 0 Å². The summed E-state index contributed by atoms with van der Waals surface area (Å²) in [4.78, 5) is 31.8. The number of fused-ring (bicyclic) bond motifs is 1. The SMILES string of the molecule is COc1ccccc1NC(=O)CCCc1nc(-c2cc3ccc(C)cc3[nH]c2=O)no1. The Balaban J connectivity index is 1.39. The topological polar surface area (TPSA) is 110 Å². The Hall–Kier alpha value is -3.94. The lowest BCUT2D eigenvalue weighted by atomic mass is 10.1. The average Bonchev–Trinajstić information content (AvgIpc) is 3.22. The third-order valence-corrected chi connectivity index (χ3v) is 4.89. The Bertz CT molecular complexity index is 1290. The number of carbonyl (C=O) groups excluding carboxylic acids is 1. The van der Waals surface area contributed by atoms with Crippen molar-refractivity contribution in [3.63, 3.8) is 0 Å². The van der Waals surface area contributed by atoms with Crippen LogP contribution in [0.1, 0.15) is 24.3 Å². The van der Waals surface area contributed by atoms with E-state index >= 15 is 0 Å². The first-order chi connectivity index (χ1) is 15.0. The van der Waals surface area contributed by atoms with Gasteiger partial charge in [-0.15, -0.1) is 0 Å². The predicted octanol–water partition coefficient (Wildman–Crippen LogP) is 3.86. The van der Waals surface area contributed by atoms with Gasteiger partial charge in [-0.1, -0.05) is 29.4 Å². The number of nitrogens with one attached hydrogen (secondary N) is 2. The summed E-state index contributed by atoms with van der Waals surface area (Å²) in [5, 5.41) is 7.66. The molecule has 4 aromatic rings. The summed E-state index contributed by atoms with van der Waals surface area (Å²) in [6, 6.07) is 14.8. The fourth-order valence-electron chi connectivity index (χ4n) is 3.31. The van der Waals surface area contributed by atoms with Crippen molar-refractivity contribution in [3.05, 3.63) is 70.3 Å². The highest BCUT2D eigenvalue weighted by Gasteiger charge is 2.14. The number of amides is 1. The number of anilines is 1. The lowest BCUT2D eigenvalue weighted by molar-refractivity contribution is -0.116. The molecule has 8 heteroatoms. The molecule has 1 amide bonds. The van der Waals surface area contributed by atoms with E-state index in [0.717, 1.165) is 16.5 Å². The first kappa shape index (κ1) is 20.3. The lowest BCUT2D eigenvalue weighted by Gasteiger charge is -2.09. The number of aromatic amines is 1. The first-order valence-corrected chi connectivity index (χ1v) is 9.93. The maximum absolute atomic E-state index is 12.4. The molecule has 0 aliphatic heterocycles. The van der Waals surface area contributed by atoms with E-state index < -0.39 is 0 Å². The molecule has 2 aromatic carbocycles. The predicted molar refractivity (Wildman–Crippen MR) is 117 cm³/mol. The van der Waals surface area contributed by atoms with Gasteiger partial charge in [0.25, 0.3) is 5.56 Å². The lowest BCUT2D eigenvalue weighted by Crippen LogP contribution is -2.12. The van der Waals surface area contributed by atoms with E-state index in [9.17, 15) is 9.59 Å². The third-order valence-electron chi connectivity index (χ3n) is 4.89. The van der Waals surface area contributed by atoms with E-state index in [1.165, 1.54) is 0 Å². The van der Waals surface area contributed by atoms with Crippen molar-refractivity contribution in [1.29, 1.82) is 0 Å². The van der Waals surface area contributed by atoms with E-state index in [1.54, 1.807) is 25.3 Å². The number of H-pyrrole nitrogens is 1. The zero-order valence-electron chi connectivity index (χ0n) is 17.3. The standard InChI is InChI=1S/C23H22N4O4/c1-14-10-11-15-13-16(23(29)25-18(15)12-14)22-26-21(31-27-22)9-5-8-20(28)24-17-6-3-4-7-19(17)30-2/h3-4,6-7,10-13H,5,8-9H2,1-2H3,(H,24,28)(H,25,29). The fraction of sp³-hybridized carbons (Fsp3) is 0.217. The third kappa shape index (κ3) is 4.63. The van der Waals surface area contributed by atoms with Gasteiger partial charge in [-0.2, -0.15) is 4.98 Å². The molecular formula is C23H22N4O4. The molecule has 158 valence electrons. The summed E-state index contributed by atoms with van der Waals surface area (Å²) in [5.41, 5.74) is 2.52. The van der Waals surface area contributed by atoms with E-state index in [1.807, 2.05) is 37.3 Å². The van der Waals surface area contributed by atoms with Crippen molar-refractivity contribution in [3.8, 4) is 17.1 Å². The molecule has 0 fully saturated rings. The Morgan fingerprint density at radius 3 is 2.87 bits per heavy atom. The molecule has 0 aliphatic carbocycles. The fourth-order valence-corrected chi connectivity index (χ4v) is 3.31. The highest BCUT2D eigenvalue weighted by Crippen LogP contribution is 2.23. The number of hydrogen-bond donors (Lipinski definition) is 2. The van der Waals surface area contributed by atoms with Gasteiger partial charge < -0.3 is 19.6 Å². The van der Waals surface area contributed by atoms with Gasteiger partial charge in [0.05, 0.1) is 18.4 Å². The summed E-state index contributed by atoms with van der Waals surface area (Å²) in [7, 11) is 1.56. The molecule has 2 heterocycles. The number of aryl methyl sites for hydroxylation is 2. The molecule has 31 heavy (non-hydrogen) atoms. The van der Waals surface area contributed by atoms with Gasteiger partial charge in [-0.05, 0) is 48.6 Å². The molecule has 0 saturated carbocycles. The minimum atomic E-state index is -0.276. The maximum atomic E-state index is 12.4. The summed E-state index contributed by atoms with van der Waals surface area (Å²) < 4.78 is 10.5. The van der Waals surface area contributed by atoms with Crippen LogP contribution in [0, 0.1) is 6.92 Å². The second kappa shape index (κ2) is 8.83. The Morgan fingerprint density at radius 1 is 1.19 bits per heavy atom. The van der Waals surface area contributed by atoms with Gasteiger partial charge in [-0.3, -0.25) is 9.59 Å². The molecule has 2 N–H and O–H groups in total. The van der Waals surface area contributed by atoms with Crippen molar-refractivity contribution in [2.45, 2.75) is 26.2 Å². The molecule has 0 bridgehead atoms. The summed E-state index contributed by atoms with van der Waals surface area (Å²) in [5.74, 6) is 1.08. The number of methoxy groups -OCH3 is 1. The molecule has 0 radical (unpaired) electrons. The van der Waals surface area contributed by atoms with E-state index in [4.69, 9.17) is 9.26 Å². The Labute approximate surface area is 178 Å². The van der Waals surface area contributed by atoms with Crippen LogP contribution in [-0.2, 0) is 11.2 Å². The molecule has 4 rings (SSSR count). The highest BCUT2D eigenvalue weighted by atomic mass is 16.5. The minimum Gasteiger partial charge on any atom is -0.495 e. The molecule has 2 aromatic heterocycles. The van der Waals surface area contributed by atoms with E-state index in [2.05, 4.69) is 20.4 Å².